The summed E-state index contributed by atoms with van der Waals surface area (Å²) >= 11 is 0. The van der Waals surface area contributed by atoms with Crippen LogP contribution in [0.2, 0.25) is 0 Å². The highest BCUT2D eigenvalue weighted by atomic mass is 16.6. The van der Waals surface area contributed by atoms with E-state index in [1.165, 1.54) is 17.9 Å². The topological polar surface area (TPSA) is 108 Å². The molecule has 0 radical (unpaired) electrons. The number of aryl methyl sites for hydroxylation is 1. The van der Waals surface area contributed by atoms with Gasteiger partial charge in [-0.2, -0.15) is 0 Å². The standard InChI is InChI=1S/C25H39N3O5/c1-8-10-11-15-26-22(30)20(19-14-12-13-17(3)21(19)29)28(16-9-2)23(31)18(4)27-24(32)33-25(5,6)7/h9,12-14,18,20,29H,2,8,10-11,15-16H2,1,3-7H3,(H,26,30)(H,27,32). The molecule has 8 nitrogen and oxygen atoms in total. The molecular formula is C25H39N3O5. The molecule has 2 unspecified atom stereocenters. The van der Waals surface area contributed by atoms with Gasteiger partial charge < -0.3 is 25.4 Å². The number of carbonyl (C=O) groups is 3. The number of amides is 3. The molecular weight excluding hydrogens is 422 g/mol. The Morgan fingerprint density at radius 1 is 1.24 bits per heavy atom. The molecule has 3 amide bonds. The maximum Gasteiger partial charge on any atom is 0.408 e. The number of carbonyl (C=O) groups excluding carboxylic acids is 3. The first kappa shape index (κ1) is 28.0. The molecule has 0 bridgehead atoms. The van der Waals surface area contributed by atoms with Crippen LogP contribution in [0.15, 0.2) is 30.9 Å². The van der Waals surface area contributed by atoms with Crippen LogP contribution in [-0.4, -0.2) is 52.6 Å². The summed E-state index contributed by atoms with van der Waals surface area (Å²) < 4.78 is 5.24. The van der Waals surface area contributed by atoms with E-state index in [0.29, 0.717) is 17.7 Å². The van der Waals surface area contributed by atoms with Gasteiger partial charge in [-0.3, -0.25) is 9.59 Å². The fourth-order valence-corrected chi connectivity index (χ4v) is 3.29. The van der Waals surface area contributed by atoms with Crippen LogP contribution in [0, 0.1) is 6.92 Å². The number of nitrogens with one attached hydrogen (secondary N) is 2. The van der Waals surface area contributed by atoms with Gasteiger partial charge in [0.25, 0.3) is 0 Å². The molecule has 8 heteroatoms. The molecule has 0 aliphatic rings. The van der Waals surface area contributed by atoms with Crippen molar-refractivity contribution in [3.8, 4) is 5.75 Å². The number of benzene rings is 1. The molecule has 0 heterocycles. The molecule has 0 saturated carbocycles. The van der Waals surface area contributed by atoms with Crippen molar-refractivity contribution in [3.63, 3.8) is 0 Å². The summed E-state index contributed by atoms with van der Waals surface area (Å²) in [5.41, 5.74) is 0.173. The van der Waals surface area contributed by atoms with Crippen molar-refractivity contribution in [2.45, 2.75) is 78.5 Å². The van der Waals surface area contributed by atoms with E-state index in [1.807, 2.05) is 0 Å². The van der Waals surface area contributed by atoms with Gasteiger partial charge >= 0.3 is 6.09 Å². The van der Waals surface area contributed by atoms with Crippen LogP contribution < -0.4 is 10.6 Å². The Morgan fingerprint density at radius 2 is 1.91 bits per heavy atom. The number of aromatic hydroxyl groups is 1. The Kier molecular flexibility index (Phi) is 10.9. The molecule has 0 aromatic heterocycles. The van der Waals surface area contributed by atoms with Gasteiger partial charge in [0.2, 0.25) is 11.8 Å². The summed E-state index contributed by atoms with van der Waals surface area (Å²) in [6.45, 7) is 14.7. The Hall–Kier alpha value is -3.03. The van der Waals surface area contributed by atoms with E-state index in [9.17, 15) is 19.5 Å². The van der Waals surface area contributed by atoms with E-state index in [1.54, 1.807) is 45.9 Å². The molecule has 1 aromatic rings. The minimum absolute atomic E-state index is 0.0413. The monoisotopic (exact) mass is 461 g/mol. The number of hydrogen-bond acceptors (Lipinski definition) is 5. The Labute approximate surface area is 197 Å². The van der Waals surface area contributed by atoms with Gasteiger partial charge in [-0.25, -0.2) is 4.79 Å². The molecule has 1 rings (SSSR count). The van der Waals surface area contributed by atoms with E-state index in [-0.39, 0.29) is 12.3 Å². The second-order valence-electron chi connectivity index (χ2n) is 9.06. The summed E-state index contributed by atoms with van der Waals surface area (Å²) in [5.74, 6) is -0.970. The lowest BCUT2D eigenvalue weighted by molar-refractivity contribution is -0.141. The number of alkyl carbamates (subject to hydrolysis) is 1. The zero-order valence-corrected chi connectivity index (χ0v) is 20.7. The fraction of sp³-hybridized carbons (Fsp3) is 0.560. The number of rotatable bonds is 11. The molecule has 2 atom stereocenters. The maximum atomic E-state index is 13.4. The summed E-state index contributed by atoms with van der Waals surface area (Å²) in [4.78, 5) is 40.1. The minimum Gasteiger partial charge on any atom is -0.507 e. The van der Waals surface area contributed by atoms with Crippen molar-refractivity contribution in [3.05, 3.63) is 42.0 Å². The van der Waals surface area contributed by atoms with Crippen LogP contribution >= 0.6 is 0 Å². The predicted molar refractivity (Wildman–Crippen MR) is 129 cm³/mol. The fourth-order valence-electron chi connectivity index (χ4n) is 3.29. The number of phenolic OH excluding ortho intramolecular Hbond substituents is 1. The first-order chi connectivity index (χ1) is 15.4. The summed E-state index contributed by atoms with van der Waals surface area (Å²) in [7, 11) is 0. The van der Waals surface area contributed by atoms with E-state index in [0.717, 1.165) is 19.3 Å². The molecule has 1 aromatic carbocycles. The number of unbranched alkanes of at least 4 members (excludes halogenated alkanes) is 2. The van der Waals surface area contributed by atoms with Crippen molar-refractivity contribution >= 4 is 17.9 Å². The molecule has 0 aliphatic heterocycles. The quantitative estimate of drug-likeness (QED) is 0.341. The highest BCUT2D eigenvalue weighted by molar-refractivity contribution is 5.92. The molecule has 3 N–H and O–H groups in total. The molecule has 0 fully saturated rings. The average molecular weight is 462 g/mol. The van der Waals surface area contributed by atoms with Crippen LogP contribution in [0.1, 0.15) is 71.0 Å². The molecule has 0 aliphatic carbocycles. The van der Waals surface area contributed by atoms with Crippen molar-refractivity contribution in [2.24, 2.45) is 0 Å². The first-order valence-corrected chi connectivity index (χ1v) is 11.4. The highest BCUT2D eigenvalue weighted by Crippen LogP contribution is 2.32. The van der Waals surface area contributed by atoms with E-state index < -0.39 is 35.6 Å². The molecule has 184 valence electrons. The van der Waals surface area contributed by atoms with Crippen molar-refractivity contribution < 1.29 is 24.2 Å². The van der Waals surface area contributed by atoms with Gasteiger partial charge in [0.1, 0.15) is 23.4 Å². The lowest BCUT2D eigenvalue weighted by Gasteiger charge is -2.33. The van der Waals surface area contributed by atoms with Crippen molar-refractivity contribution in [1.82, 2.24) is 15.5 Å². The lowest BCUT2D eigenvalue weighted by Crippen LogP contribution is -2.52. The molecule has 0 saturated heterocycles. The predicted octanol–water partition coefficient (Wildman–Crippen LogP) is 3.98. The summed E-state index contributed by atoms with van der Waals surface area (Å²) in [5, 5.41) is 16.1. The third kappa shape index (κ3) is 8.79. The minimum atomic E-state index is -1.10. The van der Waals surface area contributed by atoms with Gasteiger partial charge in [0, 0.05) is 18.7 Å². The Morgan fingerprint density at radius 3 is 2.48 bits per heavy atom. The largest absolute Gasteiger partial charge is 0.507 e. The molecule has 0 spiro atoms. The van der Waals surface area contributed by atoms with Gasteiger partial charge in [0.05, 0.1) is 0 Å². The molecule has 33 heavy (non-hydrogen) atoms. The zero-order valence-electron chi connectivity index (χ0n) is 20.7. The van der Waals surface area contributed by atoms with Crippen LogP contribution in [0.4, 0.5) is 4.79 Å². The van der Waals surface area contributed by atoms with Crippen LogP contribution in [-0.2, 0) is 14.3 Å². The van der Waals surface area contributed by atoms with E-state index >= 15 is 0 Å². The number of nitrogens with zero attached hydrogens (tertiary/aromatic N) is 1. The highest BCUT2D eigenvalue weighted by Gasteiger charge is 2.35. The summed E-state index contributed by atoms with van der Waals surface area (Å²) in [6, 6.07) is 3.00. The normalized spacial score (nSPS) is 12.9. The van der Waals surface area contributed by atoms with Gasteiger partial charge in [-0.05, 0) is 46.6 Å². The maximum absolute atomic E-state index is 13.4. The zero-order chi connectivity index (χ0) is 25.2. The number of para-hydroxylation sites is 1. The van der Waals surface area contributed by atoms with Crippen molar-refractivity contribution in [1.29, 1.82) is 0 Å². The number of hydrogen-bond donors (Lipinski definition) is 3. The Bertz CT molecular complexity index is 832. The third-order valence-corrected chi connectivity index (χ3v) is 4.92. The Balaban J connectivity index is 3.27. The first-order valence-electron chi connectivity index (χ1n) is 11.4. The smallest absolute Gasteiger partial charge is 0.408 e. The van der Waals surface area contributed by atoms with Gasteiger partial charge in [-0.1, -0.05) is 44.0 Å². The van der Waals surface area contributed by atoms with E-state index in [2.05, 4.69) is 24.1 Å². The number of phenols is 1. The van der Waals surface area contributed by atoms with E-state index in [4.69, 9.17) is 4.74 Å². The van der Waals surface area contributed by atoms with Crippen LogP contribution in [0.25, 0.3) is 0 Å². The second kappa shape index (κ2) is 12.9. The SMILES string of the molecule is C=CCN(C(=O)C(C)NC(=O)OC(C)(C)C)C(C(=O)NCCCCC)c1cccc(C)c1O. The van der Waals surface area contributed by atoms with Gasteiger partial charge in [0.15, 0.2) is 0 Å². The van der Waals surface area contributed by atoms with Crippen LogP contribution in [0.3, 0.4) is 0 Å². The van der Waals surface area contributed by atoms with Gasteiger partial charge in [-0.15, -0.1) is 6.58 Å². The summed E-state index contributed by atoms with van der Waals surface area (Å²) in [6.07, 6.45) is 3.55. The third-order valence-electron chi connectivity index (χ3n) is 4.92. The van der Waals surface area contributed by atoms with Crippen LogP contribution in [0.5, 0.6) is 5.75 Å². The number of ether oxygens (including phenoxy) is 1. The van der Waals surface area contributed by atoms with Crippen molar-refractivity contribution in [2.75, 3.05) is 13.1 Å². The average Bonchev–Trinajstić information content (AvgIpc) is 2.71. The second-order valence-corrected chi connectivity index (χ2v) is 9.06. The lowest BCUT2D eigenvalue weighted by atomic mass is 9.99.